The lowest BCUT2D eigenvalue weighted by Gasteiger charge is -2.14. The number of hydrogen-bond acceptors (Lipinski definition) is 2. The Morgan fingerprint density at radius 1 is 1.27 bits per heavy atom. The summed E-state index contributed by atoms with van der Waals surface area (Å²) in [4.78, 5) is 4.31. The fraction of sp³-hybridized carbons (Fsp3) is 0.250. The van der Waals surface area contributed by atoms with Crippen molar-refractivity contribution in [3.05, 3.63) is 48.5 Å². The Morgan fingerprint density at radius 2 is 2.00 bits per heavy atom. The van der Waals surface area contributed by atoms with Crippen LogP contribution in [0.25, 0.3) is 0 Å². The third-order valence-electron chi connectivity index (χ3n) is 2.40. The fourth-order valence-electron chi connectivity index (χ4n) is 1.64. The van der Waals surface area contributed by atoms with E-state index in [9.17, 15) is 0 Å². The Hall–Kier alpha value is -1.77. The first-order chi connectivity index (χ1) is 7.27. The Morgan fingerprint density at radius 3 is 2.60 bits per heavy atom. The molecule has 2 aromatic rings. The van der Waals surface area contributed by atoms with Gasteiger partial charge in [-0.3, -0.25) is 0 Å². The summed E-state index contributed by atoms with van der Waals surface area (Å²) in [6, 6.07) is 10.4. The van der Waals surface area contributed by atoms with Crippen LogP contribution in [0.15, 0.2) is 42.7 Å². The van der Waals surface area contributed by atoms with Crippen molar-refractivity contribution in [3.63, 3.8) is 0 Å². The van der Waals surface area contributed by atoms with Gasteiger partial charge in [0, 0.05) is 25.1 Å². The molecule has 1 N–H and O–H groups in total. The van der Waals surface area contributed by atoms with Gasteiger partial charge in [-0.2, -0.15) is 0 Å². The molecule has 0 spiro atoms. The van der Waals surface area contributed by atoms with Crippen molar-refractivity contribution in [2.24, 2.45) is 7.05 Å². The molecule has 78 valence electrons. The molecular weight excluding hydrogens is 186 g/mol. The third-order valence-corrected chi connectivity index (χ3v) is 2.40. The van der Waals surface area contributed by atoms with E-state index in [1.54, 1.807) is 0 Å². The summed E-state index contributed by atoms with van der Waals surface area (Å²) in [6.45, 7) is 2.11. The third kappa shape index (κ3) is 2.18. The van der Waals surface area contributed by atoms with Crippen LogP contribution in [0.2, 0.25) is 0 Å². The van der Waals surface area contributed by atoms with Crippen LogP contribution in [0.3, 0.4) is 0 Å². The zero-order valence-electron chi connectivity index (χ0n) is 9.01. The van der Waals surface area contributed by atoms with Gasteiger partial charge in [0.25, 0.3) is 0 Å². The van der Waals surface area contributed by atoms with Gasteiger partial charge in [0.05, 0.1) is 6.04 Å². The molecule has 0 aliphatic carbocycles. The lowest BCUT2D eigenvalue weighted by Crippen LogP contribution is -2.11. The molecule has 0 saturated heterocycles. The summed E-state index contributed by atoms with van der Waals surface area (Å²) in [5.41, 5.74) is 1.12. The van der Waals surface area contributed by atoms with Crippen LogP contribution in [0.1, 0.15) is 18.8 Å². The highest BCUT2D eigenvalue weighted by molar-refractivity contribution is 5.43. The molecule has 0 aliphatic rings. The first kappa shape index (κ1) is 9.77. The standard InChI is InChI=1S/C12H15N3/c1-10(12-13-8-9-15(12)2)14-11-6-4-3-5-7-11/h3-10,14H,1-2H3. The summed E-state index contributed by atoms with van der Waals surface area (Å²) in [5, 5.41) is 3.40. The van der Waals surface area contributed by atoms with Crippen molar-refractivity contribution in [2.75, 3.05) is 5.32 Å². The summed E-state index contributed by atoms with van der Waals surface area (Å²) in [5.74, 6) is 1.04. The number of benzene rings is 1. The lowest BCUT2D eigenvalue weighted by molar-refractivity contribution is 0.722. The zero-order chi connectivity index (χ0) is 10.7. The van der Waals surface area contributed by atoms with E-state index in [-0.39, 0.29) is 6.04 Å². The largest absolute Gasteiger partial charge is 0.375 e. The molecule has 0 fully saturated rings. The number of aryl methyl sites for hydroxylation is 1. The van der Waals surface area contributed by atoms with E-state index in [0.29, 0.717) is 0 Å². The van der Waals surface area contributed by atoms with Gasteiger partial charge in [0.1, 0.15) is 5.82 Å². The predicted octanol–water partition coefficient (Wildman–Crippen LogP) is 2.59. The van der Waals surface area contributed by atoms with Crippen LogP contribution in [0, 0.1) is 0 Å². The molecule has 0 amide bonds. The molecule has 15 heavy (non-hydrogen) atoms. The van der Waals surface area contributed by atoms with Crippen LogP contribution in [-0.2, 0) is 7.05 Å². The minimum absolute atomic E-state index is 0.215. The number of aromatic nitrogens is 2. The topological polar surface area (TPSA) is 29.9 Å². The number of nitrogens with one attached hydrogen (secondary N) is 1. The second-order valence-corrected chi connectivity index (χ2v) is 3.63. The van der Waals surface area contributed by atoms with Crippen molar-refractivity contribution < 1.29 is 0 Å². The number of imidazole rings is 1. The smallest absolute Gasteiger partial charge is 0.130 e. The van der Waals surface area contributed by atoms with E-state index in [0.717, 1.165) is 11.5 Å². The van der Waals surface area contributed by atoms with Crippen molar-refractivity contribution in [1.82, 2.24) is 9.55 Å². The average Bonchev–Trinajstić information content (AvgIpc) is 2.66. The van der Waals surface area contributed by atoms with Crippen molar-refractivity contribution in [2.45, 2.75) is 13.0 Å². The Balaban J connectivity index is 2.11. The van der Waals surface area contributed by atoms with Crippen LogP contribution in [0.4, 0.5) is 5.69 Å². The molecule has 0 radical (unpaired) electrons. The number of rotatable bonds is 3. The average molecular weight is 201 g/mol. The van der Waals surface area contributed by atoms with Gasteiger partial charge in [-0.15, -0.1) is 0 Å². The SMILES string of the molecule is CC(Nc1ccccc1)c1nccn1C. The summed E-state index contributed by atoms with van der Waals surface area (Å²) in [6.07, 6.45) is 3.77. The molecule has 0 bridgehead atoms. The molecule has 1 aromatic heterocycles. The fourth-order valence-corrected chi connectivity index (χ4v) is 1.64. The Labute approximate surface area is 89.8 Å². The molecule has 0 saturated carbocycles. The van der Waals surface area contributed by atoms with Crippen molar-refractivity contribution in [3.8, 4) is 0 Å². The van der Waals surface area contributed by atoms with Crippen LogP contribution in [0.5, 0.6) is 0 Å². The van der Waals surface area contributed by atoms with Crippen LogP contribution in [-0.4, -0.2) is 9.55 Å². The maximum Gasteiger partial charge on any atom is 0.130 e. The first-order valence-corrected chi connectivity index (χ1v) is 5.06. The number of nitrogens with zero attached hydrogens (tertiary/aromatic N) is 2. The summed E-state index contributed by atoms with van der Waals surface area (Å²) < 4.78 is 2.03. The van der Waals surface area contributed by atoms with E-state index >= 15 is 0 Å². The normalized spacial score (nSPS) is 12.4. The van der Waals surface area contributed by atoms with Gasteiger partial charge in [-0.1, -0.05) is 18.2 Å². The molecule has 0 aliphatic heterocycles. The van der Waals surface area contributed by atoms with Gasteiger partial charge in [-0.25, -0.2) is 4.98 Å². The number of anilines is 1. The summed E-state index contributed by atoms with van der Waals surface area (Å²) >= 11 is 0. The molecule has 1 unspecified atom stereocenters. The zero-order valence-corrected chi connectivity index (χ0v) is 9.01. The van der Waals surface area contributed by atoms with Crippen LogP contribution < -0.4 is 5.32 Å². The highest BCUT2D eigenvalue weighted by Gasteiger charge is 2.08. The van der Waals surface area contributed by atoms with Crippen LogP contribution >= 0.6 is 0 Å². The molecule has 1 aromatic carbocycles. The van der Waals surface area contributed by atoms with E-state index in [2.05, 4.69) is 29.4 Å². The molecule has 2 rings (SSSR count). The lowest BCUT2D eigenvalue weighted by atomic mass is 10.2. The maximum atomic E-state index is 4.31. The van der Waals surface area contributed by atoms with Crippen molar-refractivity contribution >= 4 is 5.69 Å². The Bertz CT molecular complexity index is 419. The summed E-state index contributed by atoms with van der Waals surface area (Å²) in [7, 11) is 2.01. The minimum Gasteiger partial charge on any atom is -0.375 e. The second-order valence-electron chi connectivity index (χ2n) is 3.63. The molecule has 1 atom stereocenters. The minimum atomic E-state index is 0.215. The highest BCUT2D eigenvalue weighted by atomic mass is 15.1. The van der Waals surface area contributed by atoms with E-state index in [1.165, 1.54) is 0 Å². The number of para-hydroxylation sites is 1. The first-order valence-electron chi connectivity index (χ1n) is 5.06. The Kier molecular flexibility index (Phi) is 2.72. The quantitative estimate of drug-likeness (QED) is 0.827. The molecular formula is C12H15N3. The molecule has 3 heteroatoms. The van der Waals surface area contributed by atoms with Crippen molar-refractivity contribution in [1.29, 1.82) is 0 Å². The maximum absolute atomic E-state index is 4.31. The second kappa shape index (κ2) is 4.17. The van der Waals surface area contributed by atoms with E-state index < -0.39 is 0 Å². The van der Waals surface area contributed by atoms with Gasteiger partial charge >= 0.3 is 0 Å². The molecule has 1 heterocycles. The number of hydrogen-bond donors (Lipinski definition) is 1. The molecule has 3 nitrogen and oxygen atoms in total. The van der Waals surface area contributed by atoms with E-state index in [1.807, 2.05) is 42.2 Å². The van der Waals surface area contributed by atoms with Gasteiger partial charge in [-0.05, 0) is 19.1 Å². The van der Waals surface area contributed by atoms with E-state index in [4.69, 9.17) is 0 Å². The monoisotopic (exact) mass is 201 g/mol. The highest BCUT2D eigenvalue weighted by Crippen LogP contribution is 2.16. The van der Waals surface area contributed by atoms with Gasteiger partial charge < -0.3 is 9.88 Å². The predicted molar refractivity (Wildman–Crippen MR) is 61.7 cm³/mol. The van der Waals surface area contributed by atoms with Gasteiger partial charge in [0.15, 0.2) is 0 Å². The van der Waals surface area contributed by atoms with Gasteiger partial charge in [0.2, 0.25) is 0 Å².